The number of fused-ring (bicyclic) bond motifs is 1. The summed E-state index contributed by atoms with van der Waals surface area (Å²) in [6, 6.07) is 1.83. The van der Waals surface area contributed by atoms with Gasteiger partial charge in [0.2, 0.25) is 0 Å². The van der Waals surface area contributed by atoms with Gasteiger partial charge in [0.1, 0.15) is 11.5 Å². The summed E-state index contributed by atoms with van der Waals surface area (Å²) in [5.41, 5.74) is 2.19. The molecule has 9 heteroatoms. The van der Waals surface area contributed by atoms with Gasteiger partial charge in [-0.05, 0) is 19.4 Å². The lowest BCUT2D eigenvalue weighted by molar-refractivity contribution is 0.0740. The van der Waals surface area contributed by atoms with Gasteiger partial charge in [0.25, 0.3) is 5.91 Å². The van der Waals surface area contributed by atoms with Gasteiger partial charge in [0.15, 0.2) is 11.5 Å². The molecule has 0 aliphatic carbocycles. The second-order valence-corrected chi connectivity index (χ2v) is 6.11. The normalized spacial score (nSPS) is 15.1. The molecule has 0 saturated carbocycles. The smallest absolute Gasteiger partial charge is 0.274 e. The molecule has 0 bridgehead atoms. The van der Waals surface area contributed by atoms with E-state index in [1.807, 2.05) is 24.8 Å². The van der Waals surface area contributed by atoms with Crippen LogP contribution in [0, 0.1) is 6.92 Å². The van der Waals surface area contributed by atoms with Crippen molar-refractivity contribution in [1.82, 2.24) is 34.7 Å². The van der Waals surface area contributed by atoms with E-state index in [1.165, 1.54) is 0 Å². The topological polar surface area (TPSA) is 95.3 Å². The van der Waals surface area contributed by atoms with Crippen molar-refractivity contribution in [3.8, 4) is 0 Å². The number of rotatable bonds is 3. The first kappa shape index (κ1) is 15.6. The van der Waals surface area contributed by atoms with Crippen LogP contribution in [0.15, 0.2) is 18.5 Å². The van der Waals surface area contributed by atoms with Crippen molar-refractivity contribution in [3.63, 3.8) is 0 Å². The third kappa shape index (κ3) is 2.81. The number of aromatic amines is 1. The molecule has 1 aliphatic rings. The maximum absolute atomic E-state index is 12.6. The Bertz CT molecular complexity index is 906. The van der Waals surface area contributed by atoms with Gasteiger partial charge in [-0.3, -0.25) is 14.9 Å². The molecule has 25 heavy (non-hydrogen) atoms. The van der Waals surface area contributed by atoms with E-state index in [0.29, 0.717) is 24.6 Å². The molecule has 4 rings (SSSR count). The molecular formula is C16H20N8O. The lowest BCUT2D eigenvalue weighted by Crippen LogP contribution is -2.49. The van der Waals surface area contributed by atoms with Gasteiger partial charge in [0.05, 0.1) is 12.4 Å². The molecule has 1 N–H and O–H groups in total. The number of nitrogens with zero attached hydrogens (tertiary/aromatic N) is 7. The molecule has 130 valence electrons. The number of anilines is 1. The molecule has 1 aliphatic heterocycles. The summed E-state index contributed by atoms with van der Waals surface area (Å²) >= 11 is 0. The summed E-state index contributed by atoms with van der Waals surface area (Å²) in [7, 11) is 0. The molecule has 3 aromatic heterocycles. The number of aryl methyl sites for hydroxylation is 2. The van der Waals surface area contributed by atoms with E-state index in [9.17, 15) is 4.79 Å². The number of amides is 1. The second kappa shape index (κ2) is 6.15. The van der Waals surface area contributed by atoms with Gasteiger partial charge in [-0.25, -0.2) is 4.98 Å². The third-order valence-electron chi connectivity index (χ3n) is 4.46. The van der Waals surface area contributed by atoms with E-state index in [2.05, 4.69) is 30.2 Å². The number of carbonyl (C=O) groups is 1. The summed E-state index contributed by atoms with van der Waals surface area (Å²) < 4.78 is 1.81. The first-order valence-corrected chi connectivity index (χ1v) is 8.41. The number of aromatic nitrogens is 6. The zero-order valence-corrected chi connectivity index (χ0v) is 14.3. The van der Waals surface area contributed by atoms with Crippen LogP contribution in [0.25, 0.3) is 5.65 Å². The van der Waals surface area contributed by atoms with Crippen molar-refractivity contribution in [2.75, 3.05) is 31.1 Å². The summed E-state index contributed by atoms with van der Waals surface area (Å²) in [4.78, 5) is 25.2. The summed E-state index contributed by atoms with van der Waals surface area (Å²) in [6.45, 7) is 6.60. The zero-order chi connectivity index (χ0) is 17.4. The molecule has 9 nitrogen and oxygen atoms in total. The first-order valence-electron chi connectivity index (χ1n) is 8.41. The van der Waals surface area contributed by atoms with Crippen LogP contribution >= 0.6 is 0 Å². The van der Waals surface area contributed by atoms with Crippen LogP contribution in [-0.4, -0.2) is 66.8 Å². The van der Waals surface area contributed by atoms with Crippen molar-refractivity contribution in [3.05, 3.63) is 35.7 Å². The fourth-order valence-corrected chi connectivity index (χ4v) is 3.08. The maximum atomic E-state index is 12.6. The number of hydrogen-bond donors (Lipinski definition) is 1. The van der Waals surface area contributed by atoms with Crippen LogP contribution < -0.4 is 4.90 Å². The van der Waals surface area contributed by atoms with E-state index in [1.54, 1.807) is 16.9 Å². The molecule has 0 spiro atoms. The lowest BCUT2D eigenvalue weighted by Gasteiger charge is -2.35. The molecule has 3 aromatic rings. The molecule has 1 amide bonds. The number of hydrogen-bond acceptors (Lipinski definition) is 6. The van der Waals surface area contributed by atoms with Gasteiger partial charge in [-0.15, -0.1) is 5.10 Å². The Balaban J connectivity index is 1.48. The largest absolute Gasteiger partial charge is 0.352 e. The highest BCUT2D eigenvalue weighted by Gasteiger charge is 2.25. The Labute approximate surface area is 144 Å². The Kier molecular flexibility index (Phi) is 3.83. The molecular weight excluding hydrogens is 320 g/mol. The first-order chi connectivity index (χ1) is 12.2. The minimum Gasteiger partial charge on any atom is -0.352 e. The maximum Gasteiger partial charge on any atom is 0.274 e. The van der Waals surface area contributed by atoms with Gasteiger partial charge >= 0.3 is 0 Å². The Morgan fingerprint density at radius 1 is 1.24 bits per heavy atom. The summed E-state index contributed by atoms with van der Waals surface area (Å²) in [5.74, 6) is 1.59. The van der Waals surface area contributed by atoms with Crippen LogP contribution in [0.1, 0.15) is 28.9 Å². The Morgan fingerprint density at radius 3 is 2.76 bits per heavy atom. The van der Waals surface area contributed by atoms with Crippen molar-refractivity contribution in [1.29, 1.82) is 0 Å². The van der Waals surface area contributed by atoms with Crippen LogP contribution in [0.4, 0.5) is 5.82 Å². The molecule has 0 unspecified atom stereocenters. The molecule has 0 radical (unpaired) electrons. The molecule has 1 saturated heterocycles. The summed E-state index contributed by atoms with van der Waals surface area (Å²) in [6.07, 6.45) is 4.33. The van der Waals surface area contributed by atoms with Crippen molar-refractivity contribution in [2.24, 2.45) is 0 Å². The third-order valence-corrected chi connectivity index (χ3v) is 4.46. The van der Waals surface area contributed by atoms with Crippen molar-refractivity contribution < 1.29 is 4.79 Å². The van der Waals surface area contributed by atoms with Gasteiger partial charge in [0, 0.05) is 31.9 Å². The van der Waals surface area contributed by atoms with E-state index in [0.717, 1.165) is 36.7 Å². The number of carbonyl (C=O) groups excluding carboxylic acids is 1. The Hall–Kier alpha value is -2.97. The fraction of sp³-hybridized carbons (Fsp3) is 0.438. The quantitative estimate of drug-likeness (QED) is 0.753. The summed E-state index contributed by atoms with van der Waals surface area (Å²) in [5, 5.41) is 11.4. The number of nitrogens with one attached hydrogen (secondary N) is 1. The van der Waals surface area contributed by atoms with E-state index < -0.39 is 0 Å². The predicted octanol–water partition coefficient (Wildman–Crippen LogP) is 0.681. The van der Waals surface area contributed by atoms with Crippen molar-refractivity contribution in [2.45, 2.75) is 20.3 Å². The van der Waals surface area contributed by atoms with Gasteiger partial charge < -0.3 is 9.80 Å². The Morgan fingerprint density at radius 2 is 2.04 bits per heavy atom. The second-order valence-electron chi connectivity index (χ2n) is 6.11. The zero-order valence-electron chi connectivity index (χ0n) is 14.3. The molecule has 4 heterocycles. The predicted molar refractivity (Wildman–Crippen MR) is 91.6 cm³/mol. The van der Waals surface area contributed by atoms with Crippen LogP contribution in [0.2, 0.25) is 0 Å². The van der Waals surface area contributed by atoms with Gasteiger partial charge in [-0.1, -0.05) is 6.92 Å². The monoisotopic (exact) mass is 340 g/mol. The SMILES string of the molecule is CCc1cc(C(=O)N2CCN(c3cncc4nc(C)nn34)CC2)n[nH]1. The average Bonchev–Trinajstić information content (AvgIpc) is 3.26. The average molecular weight is 340 g/mol. The number of H-pyrrole nitrogens is 1. The standard InChI is InChI=1S/C16H20N8O/c1-3-12-8-13(20-19-12)16(25)23-6-4-22(5-7-23)15-10-17-9-14-18-11(2)21-24(14)15/h8-10H,3-7H2,1-2H3,(H,19,20). The van der Waals surface area contributed by atoms with Crippen LogP contribution in [0.5, 0.6) is 0 Å². The lowest BCUT2D eigenvalue weighted by atomic mass is 10.2. The fourth-order valence-electron chi connectivity index (χ4n) is 3.08. The van der Waals surface area contributed by atoms with E-state index in [4.69, 9.17) is 0 Å². The molecule has 1 fully saturated rings. The highest BCUT2D eigenvalue weighted by Crippen LogP contribution is 2.17. The van der Waals surface area contributed by atoms with E-state index >= 15 is 0 Å². The molecule has 0 aromatic carbocycles. The van der Waals surface area contributed by atoms with Crippen LogP contribution in [-0.2, 0) is 6.42 Å². The van der Waals surface area contributed by atoms with Gasteiger partial charge in [-0.2, -0.15) is 9.61 Å². The number of piperazine rings is 1. The minimum absolute atomic E-state index is 0.0245. The van der Waals surface area contributed by atoms with Crippen molar-refractivity contribution >= 4 is 17.4 Å². The molecule has 0 atom stereocenters. The highest BCUT2D eigenvalue weighted by molar-refractivity contribution is 5.92. The van der Waals surface area contributed by atoms with E-state index in [-0.39, 0.29) is 5.91 Å². The minimum atomic E-state index is -0.0245. The highest BCUT2D eigenvalue weighted by atomic mass is 16.2. The van der Waals surface area contributed by atoms with Crippen LogP contribution in [0.3, 0.4) is 0 Å².